The molecule has 11 nitrogen and oxygen atoms in total. The number of amides is 2. The van der Waals surface area contributed by atoms with E-state index in [1.165, 1.54) is 19.4 Å². The first-order chi connectivity index (χ1) is 15.0. The molecular weight excluding hydrogens is 441 g/mol. The molecule has 4 unspecified atom stereocenters. The lowest BCUT2D eigenvalue weighted by Crippen LogP contribution is -2.39. The largest absolute Gasteiger partial charge is 0.462 e. The fourth-order valence-corrected chi connectivity index (χ4v) is 4.24. The monoisotopic (exact) mass is 477 g/mol. The zero-order valence-corrected chi connectivity index (χ0v) is 20.5. The molecule has 0 saturated carbocycles. The van der Waals surface area contributed by atoms with Gasteiger partial charge in [0.15, 0.2) is 0 Å². The lowest BCUT2D eigenvalue weighted by atomic mass is 10.0. The predicted molar refractivity (Wildman–Crippen MR) is 117 cm³/mol. The molecule has 0 aromatic carbocycles. The summed E-state index contributed by atoms with van der Waals surface area (Å²) in [5.74, 6) is -0.906. The molecule has 0 aromatic heterocycles. The third-order valence-corrected chi connectivity index (χ3v) is 6.13. The van der Waals surface area contributed by atoms with Crippen LogP contribution in [0.15, 0.2) is 12.3 Å². The summed E-state index contributed by atoms with van der Waals surface area (Å²) in [6, 6.07) is -0.839. The first-order valence-corrected chi connectivity index (χ1v) is 12.1. The Labute approximate surface area is 189 Å². The summed E-state index contributed by atoms with van der Waals surface area (Å²) in [7, 11) is -0.805. The summed E-state index contributed by atoms with van der Waals surface area (Å²) < 4.78 is 34.8. The Bertz CT molecular complexity index is 700. The van der Waals surface area contributed by atoms with Crippen molar-refractivity contribution in [3.63, 3.8) is 0 Å². The Morgan fingerprint density at radius 1 is 1.25 bits per heavy atom. The molecule has 1 rings (SSSR count). The van der Waals surface area contributed by atoms with Crippen molar-refractivity contribution in [1.82, 2.24) is 15.3 Å². The van der Waals surface area contributed by atoms with E-state index in [-0.39, 0.29) is 31.0 Å². The maximum absolute atomic E-state index is 13.1. The van der Waals surface area contributed by atoms with Crippen LogP contribution in [0, 0.1) is 5.92 Å². The van der Waals surface area contributed by atoms with E-state index >= 15 is 0 Å². The minimum absolute atomic E-state index is 0.00851. The number of hydrogen-bond acceptors (Lipinski definition) is 9. The highest BCUT2D eigenvalue weighted by atomic mass is 31.2. The van der Waals surface area contributed by atoms with Crippen molar-refractivity contribution in [2.75, 3.05) is 20.8 Å². The Balaban J connectivity index is 2.65. The third kappa shape index (κ3) is 10.2. The summed E-state index contributed by atoms with van der Waals surface area (Å²) in [5.41, 5.74) is 0. The van der Waals surface area contributed by atoms with E-state index in [4.69, 9.17) is 18.5 Å². The maximum atomic E-state index is 13.1. The molecule has 0 radical (unpaired) electrons. The Kier molecular flexibility index (Phi) is 12.1. The topological polar surface area (TPSA) is 132 Å². The van der Waals surface area contributed by atoms with Gasteiger partial charge in [-0.25, -0.2) is 9.65 Å². The van der Waals surface area contributed by atoms with E-state index in [2.05, 4.69) is 5.09 Å². The molecule has 12 heteroatoms. The highest BCUT2D eigenvalue weighted by molar-refractivity contribution is 7.51. The second-order valence-electron chi connectivity index (χ2n) is 8.17. The van der Waals surface area contributed by atoms with Crippen LogP contribution in [-0.4, -0.2) is 68.4 Å². The van der Waals surface area contributed by atoms with E-state index in [1.807, 2.05) is 19.2 Å². The molecule has 1 fully saturated rings. The van der Waals surface area contributed by atoms with Crippen LogP contribution in [0.5, 0.6) is 0 Å². The molecule has 32 heavy (non-hydrogen) atoms. The van der Waals surface area contributed by atoms with Crippen LogP contribution in [-0.2, 0) is 37.5 Å². The fraction of sp³-hybridized carbons (Fsp3) is 0.750. The molecule has 1 aliphatic heterocycles. The van der Waals surface area contributed by atoms with Gasteiger partial charge in [0.1, 0.15) is 12.3 Å². The normalized spacial score (nSPS) is 21.5. The van der Waals surface area contributed by atoms with Crippen molar-refractivity contribution < 1.29 is 37.5 Å². The lowest BCUT2D eigenvalue weighted by molar-refractivity contribution is -0.150. The number of carbonyl (C=O) groups excluding carboxylic acids is 3. The first-order valence-electron chi connectivity index (χ1n) is 10.6. The summed E-state index contributed by atoms with van der Waals surface area (Å²) in [4.78, 5) is 35.7. The second kappa shape index (κ2) is 13.7. The molecule has 2 amide bonds. The number of rotatable bonds is 14. The van der Waals surface area contributed by atoms with E-state index in [0.29, 0.717) is 25.7 Å². The Morgan fingerprint density at radius 2 is 1.94 bits per heavy atom. The number of imide groups is 1. The van der Waals surface area contributed by atoms with Crippen LogP contribution >= 0.6 is 7.75 Å². The van der Waals surface area contributed by atoms with Gasteiger partial charge in [-0.05, 0) is 39.0 Å². The molecule has 0 bridgehead atoms. The van der Waals surface area contributed by atoms with E-state index in [9.17, 15) is 18.9 Å². The summed E-state index contributed by atoms with van der Waals surface area (Å²) >= 11 is 0. The van der Waals surface area contributed by atoms with Crippen LogP contribution in [0.3, 0.4) is 0 Å². The van der Waals surface area contributed by atoms with Crippen molar-refractivity contribution >= 4 is 26.0 Å². The van der Waals surface area contributed by atoms with Gasteiger partial charge in [-0.3, -0.25) is 24.2 Å². The van der Waals surface area contributed by atoms with Gasteiger partial charge in [0.05, 0.1) is 18.8 Å². The molecule has 0 aliphatic carbocycles. The fourth-order valence-electron chi connectivity index (χ4n) is 3.00. The van der Waals surface area contributed by atoms with E-state index in [0.717, 1.165) is 0 Å². The van der Waals surface area contributed by atoms with Gasteiger partial charge in [0.2, 0.25) is 6.41 Å². The summed E-state index contributed by atoms with van der Waals surface area (Å²) in [6.45, 7) is 7.36. The standard InChI is InChI=1S/C20H36N3O8P/c1-14(2)11-17(20(26)30-15(3)4)22-32(27,28-6)29-12-16-7-8-19(31-16)23(5)10-9-18(25)21-13-24/h9-10,13-17,19H,7-8,11-12H2,1-6H3,(H,22,27)(H,21,24,25)/b10-9-. The zero-order valence-electron chi connectivity index (χ0n) is 19.6. The van der Waals surface area contributed by atoms with Crippen LogP contribution in [0.25, 0.3) is 0 Å². The highest BCUT2D eigenvalue weighted by Gasteiger charge is 2.35. The van der Waals surface area contributed by atoms with Gasteiger partial charge in [0, 0.05) is 26.4 Å². The summed E-state index contributed by atoms with van der Waals surface area (Å²) in [6.07, 6.45) is 3.76. The average Bonchev–Trinajstić information content (AvgIpc) is 3.19. The molecule has 1 aliphatic rings. The molecule has 0 aromatic rings. The Morgan fingerprint density at radius 3 is 2.50 bits per heavy atom. The van der Waals surface area contributed by atoms with Crippen molar-refractivity contribution in [2.45, 2.75) is 71.4 Å². The number of carbonyl (C=O) groups is 3. The number of nitrogens with zero attached hydrogens (tertiary/aromatic N) is 1. The van der Waals surface area contributed by atoms with Crippen LogP contribution in [0.4, 0.5) is 0 Å². The third-order valence-electron chi connectivity index (χ3n) is 4.53. The minimum Gasteiger partial charge on any atom is -0.462 e. The quantitative estimate of drug-likeness (QED) is 0.165. The minimum atomic E-state index is -3.78. The van der Waals surface area contributed by atoms with Crippen LogP contribution in [0.2, 0.25) is 0 Å². The SMILES string of the molecule is COP(=O)(NC(CC(C)C)C(=O)OC(C)C)OCC1CCC(N(C)/C=C\C(=O)NC=O)O1. The average molecular weight is 477 g/mol. The number of esters is 1. The molecular formula is C20H36N3O8P. The highest BCUT2D eigenvalue weighted by Crippen LogP contribution is 2.44. The van der Waals surface area contributed by atoms with Crippen LogP contribution < -0.4 is 10.4 Å². The smallest absolute Gasteiger partial charge is 0.406 e. The number of ether oxygens (including phenoxy) is 2. The van der Waals surface area contributed by atoms with Crippen molar-refractivity contribution in [1.29, 1.82) is 0 Å². The van der Waals surface area contributed by atoms with Gasteiger partial charge >= 0.3 is 13.7 Å². The van der Waals surface area contributed by atoms with Gasteiger partial charge < -0.3 is 18.9 Å². The second-order valence-corrected chi connectivity index (χ2v) is 10.0. The summed E-state index contributed by atoms with van der Waals surface area (Å²) in [5, 5.41) is 4.72. The van der Waals surface area contributed by atoms with Gasteiger partial charge in [0.25, 0.3) is 5.91 Å². The molecule has 0 spiro atoms. The van der Waals surface area contributed by atoms with Crippen molar-refractivity contribution in [3.05, 3.63) is 12.3 Å². The predicted octanol–water partition coefficient (Wildman–Crippen LogP) is 1.94. The van der Waals surface area contributed by atoms with Crippen LogP contribution in [0.1, 0.15) is 47.0 Å². The Hall–Kier alpha value is -1.78. The number of nitrogens with one attached hydrogen (secondary N) is 2. The van der Waals surface area contributed by atoms with Crippen molar-refractivity contribution in [3.8, 4) is 0 Å². The molecule has 2 N–H and O–H groups in total. The van der Waals surface area contributed by atoms with E-state index < -0.39 is 25.7 Å². The van der Waals surface area contributed by atoms with Gasteiger partial charge in [-0.15, -0.1) is 0 Å². The van der Waals surface area contributed by atoms with Crippen molar-refractivity contribution in [2.24, 2.45) is 5.92 Å². The molecule has 4 atom stereocenters. The molecule has 1 saturated heterocycles. The first kappa shape index (κ1) is 28.3. The molecule has 1 heterocycles. The van der Waals surface area contributed by atoms with Gasteiger partial charge in [-0.1, -0.05) is 13.8 Å². The van der Waals surface area contributed by atoms with Gasteiger partial charge in [-0.2, -0.15) is 0 Å². The number of hydrogen-bond donors (Lipinski definition) is 2. The lowest BCUT2D eigenvalue weighted by Gasteiger charge is -2.26. The maximum Gasteiger partial charge on any atom is 0.406 e. The zero-order chi connectivity index (χ0) is 24.3. The molecule has 184 valence electrons. The van der Waals surface area contributed by atoms with E-state index in [1.54, 1.807) is 25.8 Å².